The van der Waals surface area contributed by atoms with E-state index in [0.29, 0.717) is 5.59 Å². The highest BCUT2D eigenvalue weighted by Gasteiger charge is 2.53. The first kappa shape index (κ1) is 13.9. The molecule has 3 rings (SSSR count). The number of aromatic nitrogens is 1. The lowest BCUT2D eigenvalue weighted by Crippen LogP contribution is -2.41. The monoisotopic (exact) mass is 276 g/mol. The number of rotatable bonds is 2. The Labute approximate surface area is 119 Å². The number of hydrogen-bond acceptors (Lipinski definition) is 5. The second kappa shape index (κ2) is 3.96. The summed E-state index contributed by atoms with van der Waals surface area (Å²) in [4.78, 5) is 4.49. The fraction of sp³-hybridized carbons (Fsp3) is 0.643. The molecule has 108 valence electrons. The molecule has 0 atom stereocenters. The Balaban J connectivity index is 1.95. The van der Waals surface area contributed by atoms with E-state index in [1.165, 1.54) is 0 Å². The zero-order valence-electron chi connectivity index (χ0n) is 12.4. The third kappa shape index (κ3) is 2.03. The van der Waals surface area contributed by atoms with Crippen LogP contribution in [0.2, 0.25) is 0 Å². The topological polar surface area (TPSA) is 77.6 Å². The first-order valence-corrected chi connectivity index (χ1v) is 7.00. The van der Waals surface area contributed by atoms with Crippen molar-refractivity contribution in [3.05, 3.63) is 17.8 Å². The Kier molecular flexibility index (Phi) is 2.75. The number of pyridine rings is 1. The number of nitrogens with two attached hydrogens (primary N) is 1. The van der Waals surface area contributed by atoms with Gasteiger partial charge in [0.15, 0.2) is 0 Å². The summed E-state index contributed by atoms with van der Waals surface area (Å²) >= 11 is 0. The highest BCUT2D eigenvalue weighted by molar-refractivity contribution is 6.62. The molecule has 2 aliphatic rings. The molecule has 6 heteroatoms. The van der Waals surface area contributed by atoms with Crippen molar-refractivity contribution >= 4 is 12.7 Å². The molecule has 2 heterocycles. The molecule has 0 bridgehead atoms. The van der Waals surface area contributed by atoms with Crippen molar-refractivity contribution in [1.29, 1.82) is 0 Å². The molecule has 0 radical (unpaired) electrons. The SMILES string of the molecule is CC1(C)OB(c2nc(C3(N)CC3)ccc2O)OC1(C)C. The molecule has 0 spiro atoms. The van der Waals surface area contributed by atoms with Gasteiger partial charge in [0.05, 0.1) is 22.4 Å². The van der Waals surface area contributed by atoms with Crippen LogP contribution >= 0.6 is 0 Å². The van der Waals surface area contributed by atoms with Crippen LogP contribution in [0.5, 0.6) is 5.75 Å². The van der Waals surface area contributed by atoms with Gasteiger partial charge in [-0.25, -0.2) is 0 Å². The molecule has 0 unspecified atom stereocenters. The summed E-state index contributed by atoms with van der Waals surface area (Å²) in [6, 6.07) is 3.40. The average Bonchev–Trinajstić information content (AvgIpc) is 3.02. The van der Waals surface area contributed by atoms with Gasteiger partial charge >= 0.3 is 7.12 Å². The summed E-state index contributed by atoms with van der Waals surface area (Å²) in [5.74, 6) is 0.0801. The summed E-state index contributed by atoms with van der Waals surface area (Å²) in [5, 5.41) is 10.1. The van der Waals surface area contributed by atoms with Crippen molar-refractivity contribution < 1.29 is 14.4 Å². The zero-order valence-corrected chi connectivity index (χ0v) is 12.4. The summed E-state index contributed by atoms with van der Waals surface area (Å²) in [7, 11) is -0.665. The Morgan fingerprint density at radius 2 is 1.70 bits per heavy atom. The highest BCUT2D eigenvalue weighted by Crippen LogP contribution is 2.42. The molecule has 1 saturated heterocycles. The first-order chi connectivity index (χ1) is 9.15. The van der Waals surface area contributed by atoms with Gasteiger partial charge in [0.2, 0.25) is 0 Å². The number of hydrogen-bond donors (Lipinski definition) is 2. The van der Waals surface area contributed by atoms with Gasteiger partial charge in [-0.3, -0.25) is 4.98 Å². The van der Waals surface area contributed by atoms with E-state index in [-0.39, 0.29) is 11.3 Å². The van der Waals surface area contributed by atoms with Gasteiger partial charge in [0, 0.05) is 0 Å². The van der Waals surface area contributed by atoms with Crippen LogP contribution in [-0.4, -0.2) is 28.4 Å². The number of nitrogens with zero attached hydrogens (tertiary/aromatic N) is 1. The van der Waals surface area contributed by atoms with Crippen molar-refractivity contribution in [2.75, 3.05) is 0 Å². The van der Waals surface area contributed by atoms with E-state index < -0.39 is 18.3 Å². The molecular weight excluding hydrogens is 255 g/mol. The minimum absolute atomic E-state index is 0.0801. The summed E-state index contributed by atoms with van der Waals surface area (Å²) < 4.78 is 11.9. The molecule has 1 aromatic heterocycles. The predicted molar refractivity (Wildman–Crippen MR) is 76.7 cm³/mol. The molecule has 1 saturated carbocycles. The molecular formula is C14H21BN2O3. The van der Waals surface area contributed by atoms with E-state index >= 15 is 0 Å². The summed E-state index contributed by atoms with van der Waals surface area (Å²) in [6.45, 7) is 7.89. The third-order valence-electron chi connectivity index (χ3n) is 4.68. The van der Waals surface area contributed by atoms with Gasteiger partial charge < -0.3 is 20.1 Å². The molecule has 20 heavy (non-hydrogen) atoms. The van der Waals surface area contributed by atoms with Crippen LogP contribution < -0.4 is 11.3 Å². The average molecular weight is 276 g/mol. The Morgan fingerprint density at radius 1 is 1.15 bits per heavy atom. The van der Waals surface area contributed by atoms with E-state index in [2.05, 4.69) is 4.98 Å². The van der Waals surface area contributed by atoms with Crippen molar-refractivity contribution in [1.82, 2.24) is 4.98 Å². The molecule has 3 N–H and O–H groups in total. The van der Waals surface area contributed by atoms with E-state index in [0.717, 1.165) is 18.5 Å². The van der Waals surface area contributed by atoms with Gasteiger partial charge in [-0.15, -0.1) is 0 Å². The van der Waals surface area contributed by atoms with Crippen LogP contribution in [0, 0.1) is 0 Å². The van der Waals surface area contributed by atoms with Crippen molar-refractivity contribution in [3.8, 4) is 5.75 Å². The second-order valence-electron chi connectivity index (χ2n) is 6.85. The van der Waals surface area contributed by atoms with Gasteiger partial charge in [-0.05, 0) is 52.7 Å². The molecule has 1 aliphatic carbocycles. The maximum atomic E-state index is 10.1. The smallest absolute Gasteiger partial charge is 0.507 e. The van der Waals surface area contributed by atoms with E-state index in [9.17, 15) is 5.11 Å². The molecule has 1 aromatic rings. The fourth-order valence-electron chi connectivity index (χ4n) is 2.26. The maximum absolute atomic E-state index is 10.1. The number of aromatic hydroxyl groups is 1. The van der Waals surface area contributed by atoms with Crippen LogP contribution in [0.15, 0.2) is 12.1 Å². The summed E-state index contributed by atoms with van der Waals surface area (Å²) in [6.07, 6.45) is 1.85. The van der Waals surface area contributed by atoms with Crippen LogP contribution in [0.4, 0.5) is 0 Å². The Morgan fingerprint density at radius 3 is 2.20 bits per heavy atom. The van der Waals surface area contributed by atoms with Crippen LogP contribution in [-0.2, 0) is 14.8 Å². The molecule has 5 nitrogen and oxygen atoms in total. The maximum Gasteiger partial charge on any atom is 0.518 e. The van der Waals surface area contributed by atoms with Crippen molar-refractivity contribution in [3.63, 3.8) is 0 Å². The van der Waals surface area contributed by atoms with Gasteiger partial charge in [0.1, 0.15) is 11.3 Å². The normalized spacial score (nSPS) is 25.8. The van der Waals surface area contributed by atoms with E-state index in [1.54, 1.807) is 12.1 Å². The van der Waals surface area contributed by atoms with E-state index in [4.69, 9.17) is 15.0 Å². The summed E-state index contributed by atoms with van der Waals surface area (Å²) in [5.41, 5.74) is 6.12. The first-order valence-electron chi connectivity index (χ1n) is 7.00. The fourth-order valence-corrected chi connectivity index (χ4v) is 2.26. The molecule has 0 amide bonds. The van der Waals surface area contributed by atoms with Crippen LogP contribution in [0.25, 0.3) is 0 Å². The van der Waals surface area contributed by atoms with Gasteiger partial charge in [-0.1, -0.05) is 0 Å². The quantitative estimate of drug-likeness (QED) is 0.789. The minimum atomic E-state index is -0.665. The van der Waals surface area contributed by atoms with E-state index in [1.807, 2.05) is 27.7 Å². The molecule has 1 aliphatic heterocycles. The Bertz CT molecular complexity index is 539. The minimum Gasteiger partial charge on any atom is -0.507 e. The van der Waals surface area contributed by atoms with Crippen LogP contribution in [0.1, 0.15) is 46.2 Å². The molecule has 2 fully saturated rings. The lowest BCUT2D eigenvalue weighted by Gasteiger charge is -2.32. The third-order valence-corrected chi connectivity index (χ3v) is 4.68. The van der Waals surface area contributed by atoms with Gasteiger partial charge in [-0.2, -0.15) is 0 Å². The van der Waals surface area contributed by atoms with Crippen molar-refractivity contribution in [2.45, 2.75) is 57.3 Å². The van der Waals surface area contributed by atoms with Gasteiger partial charge in [0.25, 0.3) is 0 Å². The Hall–Kier alpha value is -1.11. The highest BCUT2D eigenvalue weighted by atomic mass is 16.7. The zero-order chi connectivity index (χ0) is 14.8. The second-order valence-corrected chi connectivity index (χ2v) is 6.85. The lowest BCUT2D eigenvalue weighted by molar-refractivity contribution is 0.00578. The van der Waals surface area contributed by atoms with Crippen LogP contribution in [0.3, 0.4) is 0 Å². The molecule has 0 aromatic carbocycles. The largest absolute Gasteiger partial charge is 0.518 e. The lowest BCUT2D eigenvalue weighted by atomic mass is 9.83. The van der Waals surface area contributed by atoms with Crippen molar-refractivity contribution in [2.24, 2.45) is 5.73 Å². The predicted octanol–water partition coefficient (Wildman–Crippen LogP) is 1.03. The standard InChI is InChI=1S/C14H21BN2O3/c1-12(2)13(3,4)20-15(19-12)11-9(18)5-6-10(17-11)14(16)7-8-14/h5-6,18H,7-8,16H2,1-4H3.